The van der Waals surface area contributed by atoms with Gasteiger partial charge in [0.25, 0.3) is 0 Å². The molecule has 1 aromatic carbocycles. The summed E-state index contributed by atoms with van der Waals surface area (Å²) < 4.78 is 36.8. The summed E-state index contributed by atoms with van der Waals surface area (Å²) in [6.07, 6.45) is -4.32. The summed E-state index contributed by atoms with van der Waals surface area (Å²) in [6, 6.07) is 4.65. The standard InChI is InChI=1S/C12H12F3N3/c1-17-11(16)18-8-2-3-9-4-6-10(7-5-9)12(13,14)15/h4-7H,8H2,1H3,(H3,16,17,18). The molecule has 0 aliphatic carbocycles. The van der Waals surface area contributed by atoms with Crippen LogP contribution in [-0.2, 0) is 6.18 Å². The van der Waals surface area contributed by atoms with Crippen molar-refractivity contribution in [1.82, 2.24) is 5.32 Å². The van der Waals surface area contributed by atoms with E-state index in [2.05, 4.69) is 22.2 Å². The molecule has 0 unspecified atom stereocenters. The van der Waals surface area contributed by atoms with Gasteiger partial charge in [-0.1, -0.05) is 11.8 Å². The van der Waals surface area contributed by atoms with Gasteiger partial charge in [-0.3, -0.25) is 4.99 Å². The second-order valence-electron chi connectivity index (χ2n) is 3.34. The fourth-order valence-corrected chi connectivity index (χ4v) is 1.10. The maximum absolute atomic E-state index is 12.3. The van der Waals surface area contributed by atoms with E-state index in [1.807, 2.05) is 0 Å². The monoisotopic (exact) mass is 255 g/mol. The van der Waals surface area contributed by atoms with Crippen LogP contribution in [0.4, 0.5) is 13.2 Å². The van der Waals surface area contributed by atoms with Gasteiger partial charge in [0.15, 0.2) is 5.96 Å². The van der Waals surface area contributed by atoms with Crippen molar-refractivity contribution in [3.8, 4) is 11.8 Å². The van der Waals surface area contributed by atoms with E-state index < -0.39 is 11.7 Å². The Labute approximate surface area is 103 Å². The smallest absolute Gasteiger partial charge is 0.370 e. The maximum atomic E-state index is 12.3. The van der Waals surface area contributed by atoms with Gasteiger partial charge in [0, 0.05) is 12.6 Å². The third-order valence-electron chi connectivity index (χ3n) is 2.04. The fourth-order valence-electron chi connectivity index (χ4n) is 1.10. The van der Waals surface area contributed by atoms with Crippen molar-refractivity contribution in [2.75, 3.05) is 13.6 Å². The van der Waals surface area contributed by atoms with E-state index >= 15 is 0 Å². The number of nitrogens with one attached hydrogen (secondary N) is 1. The summed E-state index contributed by atoms with van der Waals surface area (Å²) in [4.78, 5) is 3.66. The normalized spacial score (nSPS) is 11.7. The van der Waals surface area contributed by atoms with Crippen LogP contribution in [0.3, 0.4) is 0 Å². The van der Waals surface area contributed by atoms with E-state index in [0.717, 1.165) is 12.1 Å². The van der Waals surface area contributed by atoms with Gasteiger partial charge in [0.2, 0.25) is 0 Å². The molecule has 6 heteroatoms. The van der Waals surface area contributed by atoms with Crippen LogP contribution in [0.15, 0.2) is 29.3 Å². The van der Waals surface area contributed by atoms with E-state index in [-0.39, 0.29) is 12.5 Å². The molecule has 0 aromatic heterocycles. The molecule has 0 radical (unpaired) electrons. The molecular formula is C12H12F3N3. The van der Waals surface area contributed by atoms with Crippen LogP contribution in [0.1, 0.15) is 11.1 Å². The number of hydrogen-bond acceptors (Lipinski definition) is 1. The van der Waals surface area contributed by atoms with Crippen molar-refractivity contribution in [3.63, 3.8) is 0 Å². The van der Waals surface area contributed by atoms with Gasteiger partial charge < -0.3 is 11.1 Å². The largest absolute Gasteiger partial charge is 0.416 e. The summed E-state index contributed by atoms with van der Waals surface area (Å²) in [6.45, 7) is 0.282. The second-order valence-corrected chi connectivity index (χ2v) is 3.34. The zero-order valence-corrected chi connectivity index (χ0v) is 9.67. The van der Waals surface area contributed by atoms with Crippen LogP contribution in [-0.4, -0.2) is 19.6 Å². The molecule has 1 aromatic rings. The highest BCUT2D eigenvalue weighted by atomic mass is 19.4. The van der Waals surface area contributed by atoms with E-state index in [0.29, 0.717) is 5.56 Å². The molecule has 0 spiro atoms. The van der Waals surface area contributed by atoms with Crippen LogP contribution >= 0.6 is 0 Å². The zero-order chi connectivity index (χ0) is 13.6. The Morgan fingerprint density at radius 3 is 2.44 bits per heavy atom. The highest BCUT2D eigenvalue weighted by Gasteiger charge is 2.29. The first kappa shape index (κ1) is 13.9. The lowest BCUT2D eigenvalue weighted by molar-refractivity contribution is -0.137. The lowest BCUT2D eigenvalue weighted by Crippen LogP contribution is -2.31. The Morgan fingerprint density at radius 1 is 1.33 bits per heavy atom. The van der Waals surface area contributed by atoms with Gasteiger partial charge in [-0.15, -0.1) is 0 Å². The minimum atomic E-state index is -4.32. The van der Waals surface area contributed by atoms with Crippen molar-refractivity contribution < 1.29 is 13.2 Å². The molecule has 0 aliphatic heterocycles. The number of guanidine groups is 1. The summed E-state index contributed by atoms with van der Waals surface area (Å²) >= 11 is 0. The van der Waals surface area contributed by atoms with Crippen molar-refractivity contribution in [2.45, 2.75) is 6.18 Å². The summed E-state index contributed by atoms with van der Waals surface area (Å²) in [5.41, 5.74) is 5.19. The van der Waals surface area contributed by atoms with E-state index in [1.165, 1.54) is 19.2 Å². The molecule has 0 bridgehead atoms. The summed E-state index contributed by atoms with van der Waals surface area (Å²) in [5.74, 6) is 5.70. The zero-order valence-electron chi connectivity index (χ0n) is 9.67. The Hall–Kier alpha value is -2.16. The summed E-state index contributed by atoms with van der Waals surface area (Å²) in [5, 5.41) is 2.71. The number of nitrogens with zero attached hydrogens (tertiary/aromatic N) is 1. The Balaban J connectivity index is 2.62. The number of halogens is 3. The lowest BCUT2D eigenvalue weighted by atomic mass is 10.1. The highest BCUT2D eigenvalue weighted by Crippen LogP contribution is 2.28. The van der Waals surface area contributed by atoms with Crippen LogP contribution < -0.4 is 11.1 Å². The third kappa shape index (κ3) is 4.37. The van der Waals surface area contributed by atoms with Gasteiger partial charge in [-0.25, -0.2) is 0 Å². The lowest BCUT2D eigenvalue weighted by Gasteiger charge is -2.05. The first-order chi connectivity index (χ1) is 8.43. The number of aliphatic imine (C=N–C) groups is 1. The minimum absolute atomic E-state index is 0.261. The van der Waals surface area contributed by atoms with E-state index in [1.54, 1.807) is 0 Å². The van der Waals surface area contributed by atoms with Crippen LogP contribution in [0, 0.1) is 11.8 Å². The van der Waals surface area contributed by atoms with Crippen molar-refractivity contribution in [2.24, 2.45) is 10.7 Å². The molecule has 0 saturated carbocycles. The van der Waals surface area contributed by atoms with E-state index in [9.17, 15) is 13.2 Å². The van der Waals surface area contributed by atoms with Crippen molar-refractivity contribution >= 4 is 5.96 Å². The van der Waals surface area contributed by atoms with Crippen LogP contribution in [0.5, 0.6) is 0 Å². The Morgan fingerprint density at radius 2 is 1.94 bits per heavy atom. The molecule has 0 saturated heterocycles. The highest BCUT2D eigenvalue weighted by molar-refractivity contribution is 5.77. The molecule has 0 aliphatic rings. The maximum Gasteiger partial charge on any atom is 0.416 e. The molecule has 0 amide bonds. The second kappa shape index (κ2) is 5.96. The molecule has 3 N–H and O–H groups in total. The summed E-state index contributed by atoms with van der Waals surface area (Å²) in [7, 11) is 1.53. The molecule has 96 valence electrons. The predicted octanol–water partition coefficient (Wildman–Crippen LogP) is 1.59. The van der Waals surface area contributed by atoms with Gasteiger partial charge in [-0.05, 0) is 24.3 Å². The van der Waals surface area contributed by atoms with Crippen LogP contribution in [0.25, 0.3) is 0 Å². The first-order valence-electron chi connectivity index (χ1n) is 5.05. The molecule has 0 heterocycles. The average Bonchev–Trinajstić information content (AvgIpc) is 2.33. The number of rotatable bonds is 1. The topological polar surface area (TPSA) is 50.4 Å². The molecule has 0 atom stereocenters. The van der Waals surface area contributed by atoms with Crippen molar-refractivity contribution in [1.29, 1.82) is 0 Å². The van der Waals surface area contributed by atoms with Crippen molar-refractivity contribution in [3.05, 3.63) is 35.4 Å². The predicted molar refractivity (Wildman–Crippen MR) is 63.9 cm³/mol. The number of hydrogen-bond donors (Lipinski definition) is 2. The number of nitrogens with two attached hydrogens (primary N) is 1. The van der Waals surface area contributed by atoms with Crippen LogP contribution in [0.2, 0.25) is 0 Å². The van der Waals surface area contributed by atoms with Gasteiger partial charge in [0.1, 0.15) is 0 Å². The Kier molecular flexibility index (Phi) is 4.60. The molecular weight excluding hydrogens is 243 g/mol. The third-order valence-corrected chi connectivity index (χ3v) is 2.04. The van der Waals surface area contributed by atoms with Gasteiger partial charge in [0.05, 0.1) is 12.1 Å². The van der Waals surface area contributed by atoms with E-state index in [4.69, 9.17) is 5.73 Å². The van der Waals surface area contributed by atoms with Gasteiger partial charge >= 0.3 is 6.18 Å². The molecule has 18 heavy (non-hydrogen) atoms. The number of alkyl halides is 3. The first-order valence-corrected chi connectivity index (χ1v) is 5.05. The molecule has 3 nitrogen and oxygen atoms in total. The Bertz CT molecular complexity index is 478. The SMILES string of the molecule is CN=C(N)NCC#Cc1ccc(C(F)(F)F)cc1. The number of benzene rings is 1. The average molecular weight is 255 g/mol. The quantitative estimate of drug-likeness (QED) is 0.455. The minimum Gasteiger partial charge on any atom is -0.370 e. The fraction of sp³-hybridized carbons (Fsp3) is 0.250. The molecule has 0 fully saturated rings. The molecule has 1 rings (SSSR count). The van der Waals surface area contributed by atoms with Gasteiger partial charge in [-0.2, -0.15) is 13.2 Å².